The van der Waals surface area contributed by atoms with Gasteiger partial charge < -0.3 is 13.9 Å². The monoisotopic (exact) mass is 229 g/mol. The summed E-state index contributed by atoms with van der Waals surface area (Å²) in [5.74, 6) is 0.604. The summed E-state index contributed by atoms with van der Waals surface area (Å²) in [5, 5.41) is 8.85. The van der Waals surface area contributed by atoms with E-state index < -0.39 is 0 Å². The van der Waals surface area contributed by atoms with Gasteiger partial charge in [0.25, 0.3) is 0 Å². The van der Waals surface area contributed by atoms with Gasteiger partial charge in [0.1, 0.15) is 5.75 Å². The zero-order chi connectivity index (χ0) is 12.1. The Balaban J connectivity index is 2.40. The molecule has 1 aromatic heterocycles. The second kappa shape index (κ2) is 5.19. The van der Waals surface area contributed by atoms with E-state index in [0.29, 0.717) is 11.3 Å². The highest BCUT2D eigenvalue weighted by molar-refractivity contribution is 5.70. The minimum Gasteiger partial charge on any atom is -0.472 e. The molecule has 0 saturated heterocycles. The summed E-state index contributed by atoms with van der Waals surface area (Å²) in [6, 6.07) is 9.15. The van der Waals surface area contributed by atoms with Crippen molar-refractivity contribution in [3.63, 3.8) is 0 Å². The predicted octanol–water partition coefficient (Wildman–Crippen LogP) is 2.80. The van der Waals surface area contributed by atoms with Crippen LogP contribution in [0.3, 0.4) is 0 Å². The molecule has 1 heterocycles. The van der Waals surface area contributed by atoms with E-state index in [2.05, 4.69) is 6.07 Å². The van der Waals surface area contributed by atoms with Crippen LogP contribution in [-0.4, -0.2) is 13.9 Å². The second-order valence-corrected chi connectivity index (χ2v) is 3.39. The Kier molecular flexibility index (Phi) is 3.43. The summed E-state index contributed by atoms with van der Waals surface area (Å²) in [7, 11) is 1.55. The van der Waals surface area contributed by atoms with Crippen LogP contribution < -0.4 is 4.74 Å². The van der Waals surface area contributed by atoms with Gasteiger partial charge in [0.15, 0.2) is 6.79 Å². The van der Waals surface area contributed by atoms with Gasteiger partial charge in [0.05, 0.1) is 24.2 Å². The molecule has 0 spiro atoms. The van der Waals surface area contributed by atoms with Crippen LogP contribution in [0.4, 0.5) is 0 Å². The van der Waals surface area contributed by atoms with Crippen LogP contribution in [0, 0.1) is 11.3 Å². The van der Waals surface area contributed by atoms with Crippen molar-refractivity contribution >= 4 is 0 Å². The minimum absolute atomic E-state index is 0.139. The molecule has 0 aliphatic carbocycles. The van der Waals surface area contributed by atoms with E-state index in [1.54, 1.807) is 31.8 Å². The van der Waals surface area contributed by atoms with Crippen molar-refractivity contribution in [2.75, 3.05) is 13.9 Å². The van der Waals surface area contributed by atoms with Crippen LogP contribution in [-0.2, 0) is 4.74 Å². The summed E-state index contributed by atoms with van der Waals surface area (Å²) >= 11 is 0. The van der Waals surface area contributed by atoms with E-state index in [-0.39, 0.29) is 6.79 Å². The maximum absolute atomic E-state index is 8.85. The number of methoxy groups -OCH3 is 1. The molecule has 17 heavy (non-hydrogen) atoms. The van der Waals surface area contributed by atoms with Crippen molar-refractivity contribution in [2.24, 2.45) is 0 Å². The van der Waals surface area contributed by atoms with Gasteiger partial charge in [-0.1, -0.05) is 0 Å². The minimum atomic E-state index is 0.139. The molecule has 4 heteroatoms. The highest BCUT2D eigenvalue weighted by Crippen LogP contribution is 2.31. The molecule has 0 aliphatic heterocycles. The number of hydrogen-bond donors (Lipinski definition) is 0. The first-order valence-electron chi connectivity index (χ1n) is 5.03. The van der Waals surface area contributed by atoms with Gasteiger partial charge in [-0.05, 0) is 24.3 Å². The molecule has 2 rings (SSSR count). The largest absolute Gasteiger partial charge is 0.472 e. The third-order valence-corrected chi connectivity index (χ3v) is 2.28. The number of hydrogen-bond acceptors (Lipinski definition) is 4. The Morgan fingerprint density at radius 3 is 2.88 bits per heavy atom. The molecule has 0 radical (unpaired) electrons. The molecule has 0 atom stereocenters. The van der Waals surface area contributed by atoms with Crippen LogP contribution in [0.2, 0.25) is 0 Å². The molecular weight excluding hydrogens is 218 g/mol. The van der Waals surface area contributed by atoms with Crippen molar-refractivity contribution in [2.45, 2.75) is 0 Å². The van der Waals surface area contributed by atoms with Crippen LogP contribution in [0.1, 0.15) is 5.56 Å². The van der Waals surface area contributed by atoms with Crippen LogP contribution in [0.15, 0.2) is 41.2 Å². The first-order chi connectivity index (χ1) is 8.35. The van der Waals surface area contributed by atoms with E-state index in [9.17, 15) is 0 Å². The topological polar surface area (TPSA) is 55.4 Å². The quantitative estimate of drug-likeness (QED) is 0.756. The maximum Gasteiger partial charge on any atom is 0.188 e. The molecule has 0 amide bonds. The third-order valence-electron chi connectivity index (χ3n) is 2.28. The van der Waals surface area contributed by atoms with Crippen molar-refractivity contribution < 1.29 is 13.9 Å². The smallest absolute Gasteiger partial charge is 0.188 e. The lowest BCUT2D eigenvalue weighted by molar-refractivity contribution is 0.0515. The van der Waals surface area contributed by atoms with Crippen molar-refractivity contribution in [1.82, 2.24) is 0 Å². The fourth-order valence-electron chi connectivity index (χ4n) is 1.49. The van der Waals surface area contributed by atoms with Crippen molar-refractivity contribution in [3.05, 3.63) is 42.4 Å². The van der Waals surface area contributed by atoms with E-state index >= 15 is 0 Å². The van der Waals surface area contributed by atoms with Crippen molar-refractivity contribution in [3.8, 4) is 22.9 Å². The van der Waals surface area contributed by atoms with Gasteiger partial charge in [-0.15, -0.1) is 0 Å². The molecule has 0 N–H and O–H groups in total. The molecule has 2 aromatic rings. The Morgan fingerprint density at radius 1 is 1.35 bits per heavy atom. The van der Waals surface area contributed by atoms with E-state index in [1.807, 2.05) is 12.1 Å². The second-order valence-electron chi connectivity index (χ2n) is 3.39. The highest BCUT2D eigenvalue weighted by Gasteiger charge is 2.08. The number of nitriles is 1. The zero-order valence-corrected chi connectivity index (χ0v) is 9.34. The first-order valence-corrected chi connectivity index (χ1v) is 5.03. The van der Waals surface area contributed by atoms with Gasteiger partial charge in [-0.2, -0.15) is 5.26 Å². The highest BCUT2D eigenvalue weighted by atomic mass is 16.7. The molecule has 86 valence electrons. The van der Waals surface area contributed by atoms with Crippen LogP contribution in [0.5, 0.6) is 5.75 Å². The molecule has 4 nitrogen and oxygen atoms in total. The van der Waals surface area contributed by atoms with Crippen LogP contribution in [0.25, 0.3) is 11.1 Å². The van der Waals surface area contributed by atoms with E-state index in [0.717, 1.165) is 11.1 Å². The van der Waals surface area contributed by atoms with Crippen LogP contribution >= 0.6 is 0 Å². The molecule has 0 bridgehead atoms. The molecule has 0 unspecified atom stereocenters. The van der Waals surface area contributed by atoms with Crippen molar-refractivity contribution in [1.29, 1.82) is 5.26 Å². The molecule has 0 aliphatic rings. The summed E-state index contributed by atoms with van der Waals surface area (Å²) in [5.41, 5.74) is 2.32. The summed E-state index contributed by atoms with van der Waals surface area (Å²) < 4.78 is 15.3. The lowest BCUT2D eigenvalue weighted by Crippen LogP contribution is -2.00. The fourth-order valence-corrected chi connectivity index (χ4v) is 1.49. The average Bonchev–Trinajstić information content (AvgIpc) is 2.89. The first kappa shape index (κ1) is 11.2. The van der Waals surface area contributed by atoms with Gasteiger partial charge in [-0.3, -0.25) is 0 Å². The Hall–Kier alpha value is -2.25. The predicted molar refractivity (Wildman–Crippen MR) is 61.4 cm³/mol. The normalized spacial score (nSPS) is 9.88. The molecule has 1 aromatic carbocycles. The number of rotatable bonds is 4. The summed E-state index contributed by atoms with van der Waals surface area (Å²) in [6.07, 6.45) is 3.22. The summed E-state index contributed by atoms with van der Waals surface area (Å²) in [6.45, 7) is 0.139. The Labute approximate surface area is 99.0 Å². The molecule has 0 fully saturated rings. The Bertz CT molecular complexity index is 526. The maximum atomic E-state index is 8.85. The number of nitrogens with zero attached hydrogens (tertiary/aromatic N) is 1. The lowest BCUT2D eigenvalue weighted by atomic mass is 10.1. The third kappa shape index (κ3) is 2.47. The number of ether oxygens (including phenoxy) is 2. The van der Waals surface area contributed by atoms with Gasteiger partial charge in [0, 0.05) is 18.2 Å². The van der Waals surface area contributed by atoms with Gasteiger partial charge in [-0.25, -0.2) is 0 Å². The average molecular weight is 229 g/mol. The van der Waals surface area contributed by atoms with E-state index in [4.69, 9.17) is 19.2 Å². The molecular formula is C13H11NO3. The van der Waals surface area contributed by atoms with E-state index in [1.165, 1.54) is 0 Å². The van der Waals surface area contributed by atoms with Gasteiger partial charge >= 0.3 is 0 Å². The zero-order valence-electron chi connectivity index (χ0n) is 9.34. The Morgan fingerprint density at radius 2 is 2.24 bits per heavy atom. The fraction of sp³-hybridized carbons (Fsp3) is 0.154. The standard InChI is InChI=1S/C13H11NO3/c1-15-9-17-13-6-10(7-14)2-3-12(13)11-4-5-16-8-11/h2-6,8H,9H2,1H3. The summed E-state index contributed by atoms with van der Waals surface area (Å²) in [4.78, 5) is 0. The SMILES string of the molecule is COCOc1cc(C#N)ccc1-c1ccoc1. The lowest BCUT2D eigenvalue weighted by Gasteiger charge is -2.09. The number of furan rings is 1. The van der Waals surface area contributed by atoms with Gasteiger partial charge in [0.2, 0.25) is 0 Å². The molecule has 0 saturated carbocycles. The number of benzene rings is 1.